The molecule has 2 heterocycles. The lowest BCUT2D eigenvalue weighted by Crippen LogP contribution is -2.41. The number of hydrogen-bond acceptors (Lipinski definition) is 4. The van der Waals surface area contributed by atoms with E-state index in [9.17, 15) is 13.6 Å². The maximum Gasteiger partial charge on any atom is 0.387 e. The molecule has 7 heteroatoms. The van der Waals surface area contributed by atoms with E-state index in [0.29, 0.717) is 12.1 Å². The zero-order valence-corrected chi connectivity index (χ0v) is 15.7. The molecule has 0 saturated carbocycles. The van der Waals surface area contributed by atoms with Crippen LogP contribution in [0.15, 0.2) is 48.7 Å². The van der Waals surface area contributed by atoms with Gasteiger partial charge in [0.2, 0.25) is 5.91 Å². The molecule has 1 amide bonds. The van der Waals surface area contributed by atoms with Crippen LogP contribution in [0.4, 0.5) is 8.78 Å². The van der Waals surface area contributed by atoms with Crippen molar-refractivity contribution in [3.05, 3.63) is 59.9 Å². The lowest BCUT2D eigenvalue weighted by molar-refractivity contribution is -0.134. The molecule has 1 N–H and O–H groups in total. The predicted molar refractivity (Wildman–Crippen MR) is 102 cm³/mol. The number of halogens is 2. The summed E-state index contributed by atoms with van der Waals surface area (Å²) in [5.41, 5.74) is 1.27. The Labute approximate surface area is 163 Å². The second-order valence-corrected chi connectivity index (χ2v) is 6.84. The van der Waals surface area contributed by atoms with Gasteiger partial charge in [0.05, 0.1) is 18.7 Å². The zero-order chi connectivity index (χ0) is 19.8. The fraction of sp³-hybridized carbons (Fsp3) is 0.429. The number of hydrogen-bond donors (Lipinski definition) is 1. The number of ether oxygens (including phenoxy) is 1. The first-order valence-electron chi connectivity index (χ1n) is 9.56. The summed E-state index contributed by atoms with van der Waals surface area (Å²) in [6, 6.07) is 12.2. The molecule has 1 aliphatic rings. The molecular weight excluding hydrogens is 364 g/mol. The first-order valence-corrected chi connectivity index (χ1v) is 9.56. The molecule has 0 aliphatic carbocycles. The molecule has 28 heavy (non-hydrogen) atoms. The van der Waals surface area contributed by atoms with Crippen LogP contribution in [0.25, 0.3) is 0 Å². The number of amides is 1. The fourth-order valence-corrected chi connectivity index (χ4v) is 3.52. The summed E-state index contributed by atoms with van der Waals surface area (Å²) in [6.07, 6.45) is 4.47. The molecule has 1 fully saturated rings. The van der Waals surface area contributed by atoms with Crippen molar-refractivity contribution in [2.45, 2.75) is 44.9 Å². The van der Waals surface area contributed by atoms with E-state index in [1.807, 2.05) is 23.1 Å². The van der Waals surface area contributed by atoms with Crippen LogP contribution < -0.4 is 10.1 Å². The van der Waals surface area contributed by atoms with Gasteiger partial charge in [0.25, 0.3) is 0 Å². The van der Waals surface area contributed by atoms with Gasteiger partial charge in [-0.2, -0.15) is 8.78 Å². The highest BCUT2D eigenvalue weighted by Crippen LogP contribution is 2.23. The van der Waals surface area contributed by atoms with Crippen molar-refractivity contribution in [3.63, 3.8) is 0 Å². The van der Waals surface area contributed by atoms with Gasteiger partial charge >= 0.3 is 6.61 Å². The van der Waals surface area contributed by atoms with Crippen LogP contribution >= 0.6 is 0 Å². The van der Waals surface area contributed by atoms with E-state index >= 15 is 0 Å². The van der Waals surface area contributed by atoms with E-state index in [-0.39, 0.29) is 24.1 Å². The van der Waals surface area contributed by atoms with Gasteiger partial charge in [-0.1, -0.05) is 24.3 Å². The minimum atomic E-state index is -2.92. The Morgan fingerprint density at radius 3 is 2.79 bits per heavy atom. The Morgan fingerprint density at radius 1 is 1.18 bits per heavy atom. The minimum absolute atomic E-state index is 0.0135. The molecule has 1 aromatic carbocycles. The molecule has 150 valence electrons. The normalized spacial score (nSPS) is 17.2. The first kappa shape index (κ1) is 20.2. The summed E-state index contributed by atoms with van der Waals surface area (Å²) in [6.45, 7) is -0.731. The number of para-hydroxylation sites is 1. The summed E-state index contributed by atoms with van der Waals surface area (Å²) in [7, 11) is 0. The van der Waals surface area contributed by atoms with Gasteiger partial charge in [0.15, 0.2) is 0 Å². The number of pyridine rings is 1. The Hall–Kier alpha value is -2.54. The number of alkyl halides is 2. The molecule has 5 nitrogen and oxygen atoms in total. The van der Waals surface area contributed by atoms with Crippen LogP contribution in [0, 0.1) is 0 Å². The zero-order valence-electron chi connectivity index (χ0n) is 15.7. The number of aromatic nitrogens is 1. The van der Waals surface area contributed by atoms with Crippen LogP contribution in [0.1, 0.15) is 30.5 Å². The van der Waals surface area contributed by atoms with Gasteiger partial charge in [-0.05, 0) is 50.6 Å². The monoisotopic (exact) mass is 389 g/mol. The Kier molecular flexibility index (Phi) is 7.31. The smallest absolute Gasteiger partial charge is 0.387 e. The Bertz CT molecular complexity index is 750. The van der Waals surface area contributed by atoms with Gasteiger partial charge in [0.1, 0.15) is 5.75 Å². The van der Waals surface area contributed by atoms with E-state index in [2.05, 4.69) is 15.0 Å². The second-order valence-electron chi connectivity index (χ2n) is 6.84. The second kappa shape index (κ2) is 10.1. The molecule has 1 saturated heterocycles. The summed E-state index contributed by atoms with van der Waals surface area (Å²) in [5, 5.41) is 3.36. The summed E-state index contributed by atoms with van der Waals surface area (Å²) >= 11 is 0. The highest BCUT2D eigenvalue weighted by atomic mass is 19.3. The molecule has 0 bridgehead atoms. The number of nitrogens with zero attached hydrogens (tertiary/aromatic N) is 2. The first-order chi connectivity index (χ1) is 13.6. The van der Waals surface area contributed by atoms with Crippen molar-refractivity contribution < 1.29 is 18.3 Å². The largest absolute Gasteiger partial charge is 0.435 e. The summed E-state index contributed by atoms with van der Waals surface area (Å²) in [5.74, 6) is -0.0611. The van der Waals surface area contributed by atoms with Crippen molar-refractivity contribution in [1.82, 2.24) is 15.2 Å². The predicted octanol–water partition coefficient (Wildman–Crippen LogP) is 3.40. The van der Waals surface area contributed by atoms with Gasteiger partial charge in [-0.25, -0.2) is 0 Å². The molecule has 0 radical (unpaired) electrons. The molecular formula is C21H25F2N3O2. The standard InChI is InChI=1S/C21H25F2N3O2/c22-21(23)28-19-9-2-1-6-16(19)14-20(27)26(15-17-7-3-4-12-25-17)18-8-5-11-24-13-10-18/h1-4,6-7,9,12,18,21,24H,5,8,10-11,13-15H2. The van der Waals surface area contributed by atoms with Crippen LogP contribution in [-0.2, 0) is 17.8 Å². The van der Waals surface area contributed by atoms with Gasteiger partial charge in [-0.3, -0.25) is 9.78 Å². The van der Waals surface area contributed by atoms with Crippen molar-refractivity contribution >= 4 is 5.91 Å². The lowest BCUT2D eigenvalue weighted by atomic mass is 10.0. The lowest BCUT2D eigenvalue weighted by Gasteiger charge is -2.31. The van der Waals surface area contributed by atoms with Crippen LogP contribution in [0.2, 0.25) is 0 Å². The average molecular weight is 389 g/mol. The summed E-state index contributed by atoms with van der Waals surface area (Å²) in [4.78, 5) is 19.4. The third-order valence-electron chi connectivity index (χ3n) is 4.90. The SMILES string of the molecule is O=C(Cc1ccccc1OC(F)F)N(Cc1ccccn1)C1CCCNCC1. The van der Waals surface area contributed by atoms with E-state index < -0.39 is 6.61 Å². The highest BCUT2D eigenvalue weighted by Gasteiger charge is 2.26. The maximum absolute atomic E-state index is 13.2. The average Bonchev–Trinajstić information content (AvgIpc) is 2.97. The fourth-order valence-electron chi connectivity index (χ4n) is 3.52. The molecule has 1 aromatic heterocycles. The third kappa shape index (κ3) is 5.73. The molecule has 2 aromatic rings. The van der Waals surface area contributed by atoms with E-state index in [1.165, 1.54) is 6.07 Å². The van der Waals surface area contributed by atoms with Crippen molar-refractivity contribution in [2.75, 3.05) is 13.1 Å². The van der Waals surface area contributed by atoms with Gasteiger partial charge < -0.3 is 15.0 Å². The van der Waals surface area contributed by atoms with Crippen LogP contribution in [0.3, 0.4) is 0 Å². The number of nitrogens with one attached hydrogen (secondary N) is 1. The topological polar surface area (TPSA) is 54.5 Å². The molecule has 1 atom stereocenters. The van der Waals surface area contributed by atoms with Crippen molar-refractivity contribution in [1.29, 1.82) is 0 Å². The number of carbonyl (C=O) groups excluding carboxylic acids is 1. The van der Waals surface area contributed by atoms with E-state index in [0.717, 1.165) is 38.0 Å². The van der Waals surface area contributed by atoms with Gasteiger partial charge in [0, 0.05) is 17.8 Å². The van der Waals surface area contributed by atoms with Crippen LogP contribution in [0.5, 0.6) is 5.75 Å². The highest BCUT2D eigenvalue weighted by molar-refractivity contribution is 5.79. The quantitative estimate of drug-likeness (QED) is 0.789. The van der Waals surface area contributed by atoms with E-state index in [1.54, 1.807) is 24.4 Å². The molecule has 1 aliphatic heterocycles. The molecule has 1 unspecified atom stereocenters. The minimum Gasteiger partial charge on any atom is -0.435 e. The molecule has 0 spiro atoms. The van der Waals surface area contributed by atoms with Crippen LogP contribution in [-0.4, -0.2) is 41.5 Å². The number of rotatable bonds is 7. The van der Waals surface area contributed by atoms with E-state index in [4.69, 9.17) is 0 Å². The number of benzene rings is 1. The van der Waals surface area contributed by atoms with Crippen molar-refractivity contribution in [3.8, 4) is 5.75 Å². The Balaban J connectivity index is 1.80. The van der Waals surface area contributed by atoms with Gasteiger partial charge in [-0.15, -0.1) is 0 Å². The summed E-state index contributed by atoms with van der Waals surface area (Å²) < 4.78 is 30.0. The van der Waals surface area contributed by atoms with Crippen molar-refractivity contribution in [2.24, 2.45) is 0 Å². The maximum atomic E-state index is 13.2. The number of carbonyl (C=O) groups is 1. The molecule has 3 rings (SSSR count). The third-order valence-corrected chi connectivity index (χ3v) is 4.90. The Morgan fingerprint density at radius 2 is 2.00 bits per heavy atom.